The van der Waals surface area contributed by atoms with E-state index in [2.05, 4.69) is 20.6 Å². The van der Waals surface area contributed by atoms with Crippen molar-refractivity contribution in [2.45, 2.75) is 56.2 Å². The molecule has 0 radical (unpaired) electrons. The van der Waals surface area contributed by atoms with Crippen LogP contribution in [0.15, 0.2) is 4.90 Å². The normalized spacial score (nSPS) is 22.9. The van der Waals surface area contributed by atoms with Crippen LogP contribution in [0, 0.1) is 0 Å². The monoisotopic (exact) mass is 342 g/mol. The van der Waals surface area contributed by atoms with Crippen LogP contribution >= 0.6 is 23.4 Å². The van der Waals surface area contributed by atoms with Crippen LogP contribution < -0.4 is 10.6 Å². The maximum atomic E-state index is 11.7. The van der Waals surface area contributed by atoms with Gasteiger partial charge in [0.1, 0.15) is 11.4 Å². The Balaban J connectivity index is 1.57. The van der Waals surface area contributed by atoms with Gasteiger partial charge in [-0.05, 0) is 38.8 Å². The largest absolute Gasteiger partial charge is 0.444 e. The number of carbonyl (C=O) groups is 1. The van der Waals surface area contributed by atoms with Crippen molar-refractivity contribution in [3.63, 3.8) is 0 Å². The van der Waals surface area contributed by atoms with E-state index in [1.165, 1.54) is 0 Å². The molecule has 6 nitrogen and oxygen atoms in total. The molecule has 1 amide bonds. The average molecular weight is 343 g/mol. The highest BCUT2D eigenvalue weighted by molar-refractivity contribution is 7.99. The van der Waals surface area contributed by atoms with Crippen LogP contribution in [0.25, 0.3) is 0 Å². The first kappa shape index (κ1) is 15.7. The lowest BCUT2D eigenvalue weighted by Crippen LogP contribution is -2.35. The third-order valence-corrected chi connectivity index (χ3v) is 4.60. The number of fused-ring (bicyclic) bond motifs is 1. The fourth-order valence-corrected chi connectivity index (χ4v) is 3.53. The molecule has 2 heterocycles. The summed E-state index contributed by atoms with van der Waals surface area (Å²) in [6.45, 7) is 5.54. The van der Waals surface area contributed by atoms with Gasteiger partial charge in [-0.25, -0.2) is 9.78 Å². The van der Waals surface area contributed by atoms with E-state index in [0.29, 0.717) is 0 Å². The van der Waals surface area contributed by atoms with Gasteiger partial charge in [0.15, 0.2) is 0 Å². The lowest BCUT2D eigenvalue weighted by molar-refractivity contribution is 0.0523. The molecule has 22 heavy (non-hydrogen) atoms. The standard InChI is InChI=1S/C14H19ClN4O2S/c1-14(2,3)21-13(20)18-9-6-8(9)16-11-10-7(4-5-22-10)17-12(15)19-11/h8-9H,4-6H2,1-3H3,(H,18,20)(H,16,17,19)/t8?,9-/m0/s1. The Kier molecular flexibility index (Phi) is 4.11. The van der Waals surface area contributed by atoms with E-state index >= 15 is 0 Å². The Bertz CT molecular complexity index is 605. The van der Waals surface area contributed by atoms with Gasteiger partial charge in [-0.1, -0.05) is 0 Å². The topological polar surface area (TPSA) is 76.1 Å². The molecule has 0 spiro atoms. The maximum absolute atomic E-state index is 11.7. The second-order valence-corrected chi connectivity index (χ2v) is 7.90. The highest BCUT2D eigenvalue weighted by Gasteiger charge is 2.40. The summed E-state index contributed by atoms with van der Waals surface area (Å²) < 4.78 is 5.25. The molecule has 1 aliphatic heterocycles. The summed E-state index contributed by atoms with van der Waals surface area (Å²) in [5, 5.41) is 6.47. The zero-order valence-electron chi connectivity index (χ0n) is 12.8. The van der Waals surface area contributed by atoms with E-state index in [-0.39, 0.29) is 23.5 Å². The van der Waals surface area contributed by atoms with Gasteiger partial charge in [0, 0.05) is 12.2 Å². The zero-order valence-corrected chi connectivity index (χ0v) is 14.3. The van der Waals surface area contributed by atoms with Crippen LogP contribution in [-0.2, 0) is 11.2 Å². The van der Waals surface area contributed by atoms with Crippen molar-refractivity contribution in [1.29, 1.82) is 0 Å². The number of nitrogens with zero attached hydrogens (tertiary/aromatic N) is 2. The summed E-state index contributed by atoms with van der Waals surface area (Å²) in [6, 6.07) is 0.217. The van der Waals surface area contributed by atoms with Gasteiger partial charge >= 0.3 is 6.09 Å². The lowest BCUT2D eigenvalue weighted by atomic mass is 10.2. The van der Waals surface area contributed by atoms with Crippen LogP contribution in [0.5, 0.6) is 0 Å². The second-order valence-electron chi connectivity index (χ2n) is 6.45. The van der Waals surface area contributed by atoms with E-state index in [0.717, 1.165) is 35.0 Å². The molecule has 120 valence electrons. The Labute approximate surface area is 138 Å². The van der Waals surface area contributed by atoms with Crippen LogP contribution in [0.4, 0.5) is 10.6 Å². The van der Waals surface area contributed by atoms with Crippen molar-refractivity contribution in [3.8, 4) is 0 Å². The van der Waals surface area contributed by atoms with E-state index in [9.17, 15) is 4.79 Å². The summed E-state index contributed by atoms with van der Waals surface area (Å²) in [6.07, 6.45) is 1.38. The minimum Gasteiger partial charge on any atom is -0.444 e. The third-order valence-electron chi connectivity index (χ3n) is 3.31. The second kappa shape index (κ2) is 5.77. The molecule has 1 aliphatic carbocycles. The number of anilines is 1. The number of nitrogens with one attached hydrogen (secondary N) is 2. The number of alkyl carbamates (subject to hydrolysis) is 1. The first-order valence-electron chi connectivity index (χ1n) is 7.27. The third kappa shape index (κ3) is 3.76. The number of hydrogen-bond donors (Lipinski definition) is 2. The van der Waals surface area contributed by atoms with Crippen LogP contribution in [0.1, 0.15) is 32.9 Å². The summed E-state index contributed by atoms with van der Waals surface area (Å²) >= 11 is 7.70. The maximum Gasteiger partial charge on any atom is 0.407 e. The summed E-state index contributed by atoms with van der Waals surface area (Å²) in [4.78, 5) is 21.3. The number of carbonyl (C=O) groups excluding carboxylic acids is 1. The number of aromatic nitrogens is 2. The SMILES string of the molecule is CC(C)(C)OC(=O)N[C@H]1CC1Nc1nc(Cl)nc2c1SCC2. The molecule has 1 unspecified atom stereocenters. The number of aryl methyl sites for hydroxylation is 1. The molecule has 0 aromatic carbocycles. The number of rotatable bonds is 3. The van der Waals surface area contributed by atoms with Gasteiger partial charge in [-0.15, -0.1) is 11.8 Å². The Morgan fingerprint density at radius 1 is 1.36 bits per heavy atom. The fraction of sp³-hybridized carbons (Fsp3) is 0.643. The number of ether oxygens (including phenoxy) is 1. The Morgan fingerprint density at radius 2 is 2.14 bits per heavy atom. The summed E-state index contributed by atoms with van der Waals surface area (Å²) in [5.74, 6) is 1.78. The molecule has 2 atom stereocenters. The highest BCUT2D eigenvalue weighted by Crippen LogP contribution is 2.38. The van der Waals surface area contributed by atoms with Crippen molar-refractivity contribution >= 4 is 35.3 Å². The van der Waals surface area contributed by atoms with Crippen molar-refractivity contribution in [1.82, 2.24) is 15.3 Å². The Morgan fingerprint density at radius 3 is 2.86 bits per heavy atom. The number of thioether (sulfide) groups is 1. The molecular weight excluding hydrogens is 324 g/mol. The molecule has 3 rings (SSSR count). The molecule has 1 aromatic heterocycles. The van der Waals surface area contributed by atoms with Gasteiger partial charge in [0.05, 0.1) is 22.7 Å². The van der Waals surface area contributed by atoms with E-state index in [1.807, 2.05) is 20.8 Å². The van der Waals surface area contributed by atoms with E-state index < -0.39 is 5.60 Å². The minimum absolute atomic E-state index is 0.0608. The molecule has 1 fully saturated rings. The number of amides is 1. The number of hydrogen-bond acceptors (Lipinski definition) is 6. The van der Waals surface area contributed by atoms with Gasteiger partial charge in [-0.2, -0.15) is 4.98 Å². The van der Waals surface area contributed by atoms with Gasteiger partial charge in [0.25, 0.3) is 0 Å². The summed E-state index contributed by atoms with van der Waals surface area (Å²) in [7, 11) is 0. The lowest BCUT2D eigenvalue weighted by Gasteiger charge is -2.19. The summed E-state index contributed by atoms with van der Waals surface area (Å²) in [5.41, 5.74) is 0.518. The van der Waals surface area contributed by atoms with Crippen LogP contribution in [-0.4, -0.2) is 39.5 Å². The quantitative estimate of drug-likeness (QED) is 0.823. The molecule has 2 aliphatic rings. The highest BCUT2D eigenvalue weighted by atomic mass is 35.5. The first-order chi connectivity index (χ1) is 10.3. The predicted molar refractivity (Wildman–Crippen MR) is 86.7 cm³/mol. The predicted octanol–water partition coefficient (Wildman–Crippen LogP) is 2.86. The van der Waals surface area contributed by atoms with Crippen molar-refractivity contribution in [2.24, 2.45) is 0 Å². The minimum atomic E-state index is -0.487. The van der Waals surface area contributed by atoms with Gasteiger partial charge in [0.2, 0.25) is 5.28 Å². The van der Waals surface area contributed by atoms with Crippen molar-refractivity contribution < 1.29 is 9.53 Å². The van der Waals surface area contributed by atoms with E-state index in [1.54, 1.807) is 11.8 Å². The Hall–Kier alpha value is -1.21. The van der Waals surface area contributed by atoms with Gasteiger partial charge < -0.3 is 15.4 Å². The van der Waals surface area contributed by atoms with Crippen LogP contribution in [0.2, 0.25) is 5.28 Å². The van der Waals surface area contributed by atoms with Gasteiger partial charge in [-0.3, -0.25) is 0 Å². The average Bonchev–Trinajstić information content (AvgIpc) is 2.90. The molecule has 0 saturated heterocycles. The molecule has 1 aromatic rings. The smallest absolute Gasteiger partial charge is 0.407 e. The fourth-order valence-electron chi connectivity index (χ4n) is 2.28. The molecular formula is C14H19ClN4O2S. The van der Waals surface area contributed by atoms with Crippen molar-refractivity contribution in [2.75, 3.05) is 11.1 Å². The molecule has 0 bridgehead atoms. The molecule has 2 N–H and O–H groups in total. The van der Waals surface area contributed by atoms with Crippen LogP contribution in [0.3, 0.4) is 0 Å². The van der Waals surface area contributed by atoms with E-state index in [4.69, 9.17) is 16.3 Å². The molecule has 8 heteroatoms. The first-order valence-corrected chi connectivity index (χ1v) is 8.63. The molecule has 1 saturated carbocycles. The van der Waals surface area contributed by atoms with Crippen molar-refractivity contribution in [3.05, 3.63) is 11.0 Å². The zero-order chi connectivity index (χ0) is 15.9. The number of halogens is 1.